The summed E-state index contributed by atoms with van der Waals surface area (Å²) in [5.74, 6) is 1.59. The summed E-state index contributed by atoms with van der Waals surface area (Å²) in [4.78, 5) is 2.15. The van der Waals surface area contributed by atoms with Crippen molar-refractivity contribution in [2.24, 2.45) is 0 Å². The van der Waals surface area contributed by atoms with Gasteiger partial charge in [0.15, 0.2) is 0 Å². The molecule has 0 atom stereocenters. The molecule has 3 rings (SSSR count). The van der Waals surface area contributed by atoms with Gasteiger partial charge in [0, 0.05) is 32.1 Å². The Labute approximate surface area is 155 Å². The maximum atomic E-state index is 12.6. The quantitative estimate of drug-likeness (QED) is 0.732. The zero-order valence-electron chi connectivity index (χ0n) is 15.3. The summed E-state index contributed by atoms with van der Waals surface area (Å²) >= 11 is 0. The van der Waals surface area contributed by atoms with Gasteiger partial charge in [0.05, 0.1) is 12.3 Å². The van der Waals surface area contributed by atoms with Crippen molar-refractivity contribution >= 4 is 10.0 Å². The van der Waals surface area contributed by atoms with Gasteiger partial charge < -0.3 is 4.42 Å². The van der Waals surface area contributed by atoms with Crippen molar-refractivity contribution in [3.05, 3.63) is 47.7 Å². The predicted octanol–water partition coefficient (Wildman–Crippen LogP) is 1.88. The van der Waals surface area contributed by atoms with Crippen LogP contribution in [0.1, 0.15) is 37.1 Å². The van der Waals surface area contributed by atoms with Gasteiger partial charge in [-0.2, -0.15) is 4.31 Å². The molecule has 8 heteroatoms. The molecule has 26 heavy (non-hydrogen) atoms. The molecular weight excluding hydrogens is 352 g/mol. The molecule has 2 heterocycles. The minimum Gasteiger partial charge on any atom is -0.424 e. The summed E-state index contributed by atoms with van der Waals surface area (Å²) in [6.45, 7) is 6.93. The van der Waals surface area contributed by atoms with E-state index >= 15 is 0 Å². The van der Waals surface area contributed by atoms with E-state index in [-0.39, 0.29) is 11.7 Å². The molecule has 0 amide bonds. The second kappa shape index (κ2) is 8.28. The van der Waals surface area contributed by atoms with Crippen LogP contribution in [-0.2, 0) is 23.0 Å². The third-order valence-electron chi connectivity index (χ3n) is 4.55. The van der Waals surface area contributed by atoms with Crippen molar-refractivity contribution < 1.29 is 12.8 Å². The number of aromatic nitrogens is 2. The van der Waals surface area contributed by atoms with Crippen molar-refractivity contribution in [2.45, 2.75) is 32.7 Å². The minimum absolute atomic E-state index is 0.151. The molecule has 0 aliphatic carbocycles. The summed E-state index contributed by atoms with van der Waals surface area (Å²) in [7, 11) is -3.23. The SMILES string of the molecule is CC(C)c1nnc(CN2CCN(S(=O)(=O)CCc3ccccc3)CC2)o1. The smallest absolute Gasteiger partial charge is 0.230 e. The van der Waals surface area contributed by atoms with Crippen LogP contribution in [0.5, 0.6) is 0 Å². The minimum atomic E-state index is -3.23. The lowest BCUT2D eigenvalue weighted by molar-refractivity contribution is 0.167. The van der Waals surface area contributed by atoms with Crippen LogP contribution >= 0.6 is 0 Å². The van der Waals surface area contributed by atoms with Gasteiger partial charge in [-0.3, -0.25) is 4.90 Å². The van der Waals surface area contributed by atoms with Gasteiger partial charge in [-0.1, -0.05) is 44.2 Å². The van der Waals surface area contributed by atoms with E-state index in [9.17, 15) is 8.42 Å². The molecule has 2 aromatic rings. The molecule has 1 fully saturated rings. The van der Waals surface area contributed by atoms with Crippen molar-refractivity contribution in [1.82, 2.24) is 19.4 Å². The van der Waals surface area contributed by atoms with Gasteiger partial charge >= 0.3 is 0 Å². The number of rotatable bonds is 7. The normalized spacial score (nSPS) is 17.0. The van der Waals surface area contributed by atoms with Gasteiger partial charge in [-0.05, 0) is 12.0 Å². The lowest BCUT2D eigenvalue weighted by Crippen LogP contribution is -2.49. The number of aryl methyl sites for hydroxylation is 1. The van der Waals surface area contributed by atoms with Crippen LogP contribution in [0, 0.1) is 0 Å². The van der Waals surface area contributed by atoms with Gasteiger partial charge in [0.25, 0.3) is 0 Å². The van der Waals surface area contributed by atoms with Crippen LogP contribution < -0.4 is 0 Å². The fraction of sp³-hybridized carbons (Fsp3) is 0.556. The second-order valence-electron chi connectivity index (χ2n) is 6.92. The van der Waals surface area contributed by atoms with Gasteiger partial charge in [0.1, 0.15) is 0 Å². The monoisotopic (exact) mass is 378 g/mol. The molecule has 1 saturated heterocycles. The number of sulfonamides is 1. The first kappa shape index (κ1) is 19.0. The molecule has 0 saturated carbocycles. The first-order valence-electron chi connectivity index (χ1n) is 9.00. The van der Waals surface area contributed by atoms with Gasteiger partial charge in [-0.25, -0.2) is 8.42 Å². The van der Waals surface area contributed by atoms with Crippen LogP contribution in [0.2, 0.25) is 0 Å². The first-order valence-corrected chi connectivity index (χ1v) is 10.6. The Hall–Kier alpha value is -1.77. The number of piperazine rings is 1. The Morgan fingerprint density at radius 2 is 1.77 bits per heavy atom. The van der Waals surface area contributed by atoms with E-state index in [0.29, 0.717) is 50.9 Å². The molecular formula is C18H26N4O3S. The highest BCUT2D eigenvalue weighted by Gasteiger charge is 2.27. The largest absolute Gasteiger partial charge is 0.424 e. The van der Waals surface area contributed by atoms with E-state index in [1.807, 2.05) is 44.2 Å². The zero-order valence-corrected chi connectivity index (χ0v) is 16.2. The lowest BCUT2D eigenvalue weighted by Gasteiger charge is -2.33. The number of hydrogen-bond donors (Lipinski definition) is 0. The fourth-order valence-electron chi connectivity index (χ4n) is 2.94. The molecule has 142 valence electrons. The highest BCUT2D eigenvalue weighted by molar-refractivity contribution is 7.89. The Kier molecular flexibility index (Phi) is 6.05. The van der Waals surface area contributed by atoms with Crippen LogP contribution in [0.3, 0.4) is 0 Å². The Bertz CT molecular complexity index is 797. The van der Waals surface area contributed by atoms with E-state index in [1.165, 1.54) is 0 Å². The van der Waals surface area contributed by atoms with Crippen molar-refractivity contribution in [2.75, 3.05) is 31.9 Å². The van der Waals surface area contributed by atoms with E-state index in [1.54, 1.807) is 4.31 Å². The summed E-state index contributed by atoms with van der Waals surface area (Å²) in [5, 5.41) is 8.11. The van der Waals surface area contributed by atoms with Crippen LogP contribution in [-0.4, -0.2) is 59.8 Å². The average Bonchev–Trinajstić information content (AvgIpc) is 3.10. The third-order valence-corrected chi connectivity index (χ3v) is 6.42. The summed E-state index contributed by atoms with van der Waals surface area (Å²) in [6, 6.07) is 9.73. The molecule has 1 aromatic carbocycles. The van der Waals surface area contributed by atoms with Gasteiger partial charge in [0.2, 0.25) is 21.8 Å². The molecule has 1 aliphatic rings. The number of nitrogens with zero attached hydrogens (tertiary/aromatic N) is 4. The predicted molar refractivity (Wildman–Crippen MR) is 99.2 cm³/mol. The molecule has 1 aromatic heterocycles. The highest BCUT2D eigenvalue weighted by Crippen LogP contribution is 2.15. The molecule has 0 spiro atoms. The van der Waals surface area contributed by atoms with Crippen LogP contribution in [0.25, 0.3) is 0 Å². The topological polar surface area (TPSA) is 79.5 Å². The molecule has 0 N–H and O–H groups in total. The molecule has 7 nitrogen and oxygen atoms in total. The number of hydrogen-bond acceptors (Lipinski definition) is 6. The molecule has 0 radical (unpaired) electrons. The third kappa shape index (κ3) is 4.90. The standard InChI is InChI=1S/C18H26N4O3S/c1-15(2)18-20-19-17(25-18)14-21-9-11-22(12-10-21)26(23,24)13-8-16-6-4-3-5-7-16/h3-7,15H,8-14H2,1-2H3. The van der Waals surface area contributed by atoms with Gasteiger partial charge in [-0.15, -0.1) is 10.2 Å². The average molecular weight is 378 g/mol. The summed E-state index contributed by atoms with van der Waals surface area (Å²) in [5.41, 5.74) is 1.05. The molecule has 1 aliphatic heterocycles. The zero-order chi connectivity index (χ0) is 18.6. The van der Waals surface area contributed by atoms with E-state index < -0.39 is 10.0 Å². The molecule has 0 unspecified atom stereocenters. The first-order chi connectivity index (χ1) is 12.4. The van der Waals surface area contributed by atoms with E-state index in [0.717, 1.165) is 5.56 Å². The fourth-order valence-corrected chi connectivity index (χ4v) is 4.41. The van der Waals surface area contributed by atoms with Crippen LogP contribution in [0.15, 0.2) is 34.7 Å². The number of benzene rings is 1. The Balaban J connectivity index is 1.49. The lowest BCUT2D eigenvalue weighted by atomic mass is 10.2. The summed E-state index contributed by atoms with van der Waals surface area (Å²) in [6.07, 6.45) is 0.545. The highest BCUT2D eigenvalue weighted by atomic mass is 32.2. The second-order valence-corrected chi connectivity index (χ2v) is 9.00. The van der Waals surface area contributed by atoms with Crippen molar-refractivity contribution in [3.8, 4) is 0 Å². The summed E-state index contributed by atoms with van der Waals surface area (Å²) < 4.78 is 32.4. The maximum Gasteiger partial charge on any atom is 0.230 e. The van der Waals surface area contributed by atoms with Crippen LogP contribution in [0.4, 0.5) is 0 Å². The van der Waals surface area contributed by atoms with Crippen molar-refractivity contribution in [3.63, 3.8) is 0 Å². The van der Waals surface area contributed by atoms with Crippen molar-refractivity contribution in [1.29, 1.82) is 0 Å². The van der Waals surface area contributed by atoms with E-state index in [4.69, 9.17) is 4.42 Å². The van der Waals surface area contributed by atoms with E-state index in [2.05, 4.69) is 15.1 Å². The Morgan fingerprint density at radius 3 is 2.38 bits per heavy atom. The molecule has 0 bridgehead atoms. The Morgan fingerprint density at radius 1 is 1.08 bits per heavy atom. The maximum absolute atomic E-state index is 12.6.